The molecule has 0 spiro atoms. The maximum atomic E-state index is 12.8. The molecule has 0 radical (unpaired) electrons. The molecule has 0 aromatic heterocycles. The number of rotatable bonds is 4. The third-order valence-corrected chi connectivity index (χ3v) is 6.81. The third-order valence-electron chi connectivity index (χ3n) is 6.04. The van der Waals surface area contributed by atoms with Crippen molar-refractivity contribution in [3.05, 3.63) is 58.1 Å². The Morgan fingerprint density at radius 3 is 2.62 bits per heavy atom. The Balaban J connectivity index is 1.72. The summed E-state index contributed by atoms with van der Waals surface area (Å²) in [4.78, 5) is 15.1. The Labute approximate surface area is 194 Å². The minimum absolute atomic E-state index is 0.0514. The molecule has 1 saturated heterocycles. The van der Waals surface area contributed by atoms with Crippen LogP contribution in [0.1, 0.15) is 47.8 Å². The summed E-state index contributed by atoms with van der Waals surface area (Å²) in [5, 5.41) is 3.90. The van der Waals surface area contributed by atoms with E-state index in [1.807, 2.05) is 12.1 Å². The first-order valence-corrected chi connectivity index (χ1v) is 12.9. The van der Waals surface area contributed by atoms with Crippen molar-refractivity contribution in [2.24, 2.45) is 0 Å². The second-order valence-electron chi connectivity index (χ2n) is 9.06. The number of ether oxygens (including phenoxy) is 1. The molecular weight excluding hydrogens is 450 g/mol. The van der Waals surface area contributed by atoms with Crippen molar-refractivity contribution in [3.63, 3.8) is 0 Å². The molecule has 1 fully saturated rings. The van der Waals surface area contributed by atoms with Crippen LogP contribution in [0, 0.1) is 0 Å². The number of fused-ring (bicyclic) bond motifs is 1. The lowest BCUT2D eigenvalue weighted by Gasteiger charge is -2.40. The zero-order valence-corrected chi connectivity index (χ0v) is 20.0. The molecule has 7 nitrogen and oxygen atoms in total. The van der Waals surface area contributed by atoms with Crippen molar-refractivity contribution in [3.8, 4) is 0 Å². The van der Waals surface area contributed by atoms with Crippen LogP contribution < -0.4 is 14.9 Å². The molecule has 172 valence electrons. The van der Waals surface area contributed by atoms with Gasteiger partial charge in [-0.3, -0.25) is 4.79 Å². The number of morpholine rings is 1. The molecule has 0 aliphatic carbocycles. The summed E-state index contributed by atoms with van der Waals surface area (Å²) in [6.45, 7) is 7.35. The van der Waals surface area contributed by atoms with E-state index in [2.05, 4.69) is 47.0 Å². The average Bonchev–Trinajstić information content (AvgIpc) is 2.73. The predicted molar refractivity (Wildman–Crippen MR) is 127 cm³/mol. The van der Waals surface area contributed by atoms with Crippen LogP contribution in [0.4, 0.5) is 11.4 Å². The molecule has 2 aliphatic rings. The first-order valence-electron chi connectivity index (χ1n) is 10.6. The van der Waals surface area contributed by atoms with Crippen LogP contribution in [0.3, 0.4) is 0 Å². The summed E-state index contributed by atoms with van der Waals surface area (Å²) in [5.41, 5.74) is 3.70. The van der Waals surface area contributed by atoms with Gasteiger partial charge in [0.05, 0.1) is 36.8 Å². The van der Waals surface area contributed by atoms with E-state index in [9.17, 15) is 13.2 Å². The van der Waals surface area contributed by atoms with Gasteiger partial charge in [0, 0.05) is 23.8 Å². The molecule has 1 unspecified atom stereocenters. The van der Waals surface area contributed by atoms with Crippen molar-refractivity contribution in [1.29, 1.82) is 0 Å². The van der Waals surface area contributed by atoms with Crippen LogP contribution in [0.25, 0.3) is 0 Å². The normalized spacial score (nSPS) is 20.2. The Kier molecular flexibility index (Phi) is 6.13. The molecule has 0 saturated carbocycles. The molecule has 32 heavy (non-hydrogen) atoms. The van der Waals surface area contributed by atoms with Crippen molar-refractivity contribution in [2.75, 3.05) is 42.8 Å². The third kappa shape index (κ3) is 4.87. The van der Waals surface area contributed by atoms with Crippen molar-refractivity contribution >= 4 is 38.9 Å². The van der Waals surface area contributed by atoms with Crippen LogP contribution in [0.2, 0.25) is 5.02 Å². The van der Waals surface area contributed by atoms with Crippen molar-refractivity contribution in [2.45, 2.75) is 31.7 Å². The number of amides is 1. The van der Waals surface area contributed by atoms with Crippen LogP contribution >= 0.6 is 11.6 Å². The number of halogens is 1. The van der Waals surface area contributed by atoms with E-state index in [-0.39, 0.29) is 17.0 Å². The van der Waals surface area contributed by atoms with Crippen LogP contribution in [-0.2, 0) is 20.2 Å². The summed E-state index contributed by atoms with van der Waals surface area (Å²) >= 11 is 6.31. The van der Waals surface area contributed by atoms with Gasteiger partial charge in [0.15, 0.2) is 0 Å². The first-order chi connectivity index (χ1) is 15.0. The minimum atomic E-state index is -3.71. The second-order valence-corrected chi connectivity index (χ2v) is 11.2. The molecule has 2 aromatic rings. The van der Waals surface area contributed by atoms with E-state index >= 15 is 0 Å². The Morgan fingerprint density at radius 1 is 1.22 bits per heavy atom. The monoisotopic (exact) mass is 477 g/mol. The number of anilines is 2. The minimum Gasteiger partial charge on any atom is -0.378 e. The second kappa shape index (κ2) is 8.57. The van der Waals surface area contributed by atoms with Gasteiger partial charge in [0.1, 0.15) is 0 Å². The van der Waals surface area contributed by atoms with Crippen molar-refractivity contribution < 1.29 is 17.9 Å². The lowest BCUT2D eigenvalue weighted by Crippen LogP contribution is -2.36. The maximum absolute atomic E-state index is 12.8. The van der Waals surface area contributed by atoms with Gasteiger partial charge in [-0.05, 0) is 47.2 Å². The zero-order chi connectivity index (χ0) is 23.1. The van der Waals surface area contributed by atoms with E-state index in [0.29, 0.717) is 23.9 Å². The SMILES string of the molecule is CC1(C)CC(c2cccc(N3CCOCC3)c2)Nc2c(C(=O)NS(C)(=O)=O)cc(Cl)cc21. The summed E-state index contributed by atoms with van der Waals surface area (Å²) in [7, 11) is -3.71. The summed E-state index contributed by atoms with van der Waals surface area (Å²) in [5.74, 6) is -0.697. The number of sulfonamides is 1. The number of hydrogen-bond acceptors (Lipinski definition) is 6. The standard InChI is InChI=1S/C23H28ClN3O4S/c1-23(2)14-20(15-5-4-6-17(11-15)27-7-9-31-10-8-27)25-21-18(12-16(24)13-19(21)23)22(28)26-32(3,29)30/h4-6,11-13,20,25H,7-10,14H2,1-3H3,(H,26,28). The highest BCUT2D eigenvalue weighted by molar-refractivity contribution is 7.89. The smallest absolute Gasteiger partial charge is 0.266 e. The fourth-order valence-corrected chi connectivity index (χ4v) is 5.17. The van der Waals surface area contributed by atoms with Gasteiger partial charge >= 0.3 is 0 Å². The van der Waals surface area contributed by atoms with Gasteiger partial charge in [-0.15, -0.1) is 0 Å². The molecule has 1 atom stereocenters. The van der Waals surface area contributed by atoms with Gasteiger partial charge in [-0.2, -0.15) is 0 Å². The van der Waals surface area contributed by atoms with Gasteiger partial charge in [-0.1, -0.05) is 37.6 Å². The number of nitrogens with one attached hydrogen (secondary N) is 2. The van der Waals surface area contributed by atoms with E-state index in [1.165, 1.54) is 6.07 Å². The summed E-state index contributed by atoms with van der Waals surface area (Å²) in [6, 6.07) is 11.7. The topological polar surface area (TPSA) is 87.7 Å². The van der Waals surface area contributed by atoms with E-state index < -0.39 is 15.9 Å². The molecule has 4 rings (SSSR count). The van der Waals surface area contributed by atoms with Crippen molar-refractivity contribution in [1.82, 2.24) is 4.72 Å². The highest BCUT2D eigenvalue weighted by Gasteiger charge is 2.36. The number of benzene rings is 2. The number of nitrogens with zero attached hydrogens (tertiary/aromatic N) is 1. The molecule has 0 bridgehead atoms. The van der Waals surface area contributed by atoms with Crippen LogP contribution in [0.5, 0.6) is 0 Å². The lowest BCUT2D eigenvalue weighted by molar-refractivity contribution is 0.0982. The zero-order valence-electron chi connectivity index (χ0n) is 18.4. The van der Waals surface area contributed by atoms with E-state index in [1.54, 1.807) is 0 Å². The molecule has 2 aliphatic heterocycles. The number of hydrogen-bond donors (Lipinski definition) is 2. The van der Waals surface area contributed by atoms with E-state index in [4.69, 9.17) is 16.3 Å². The van der Waals surface area contributed by atoms with Crippen LogP contribution in [-0.4, -0.2) is 46.9 Å². The Hall–Kier alpha value is -2.29. The van der Waals surface area contributed by atoms with Gasteiger partial charge in [0.2, 0.25) is 10.0 Å². The van der Waals surface area contributed by atoms with Gasteiger partial charge in [0.25, 0.3) is 5.91 Å². The molecule has 2 aromatic carbocycles. The van der Waals surface area contributed by atoms with Crippen LogP contribution in [0.15, 0.2) is 36.4 Å². The summed E-state index contributed by atoms with van der Waals surface area (Å²) < 4.78 is 30.9. The fraction of sp³-hybridized carbons (Fsp3) is 0.435. The molecular formula is C23H28ClN3O4S. The average molecular weight is 478 g/mol. The molecule has 1 amide bonds. The Morgan fingerprint density at radius 2 is 1.94 bits per heavy atom. The number of carbonyl (C=O) groups is 1. The Bertz CT molecular complexity index is 1140. The molecule has 2 heterocycles. The highest BCUT2D eigenvalue weighted by Crippen LogP contribution is 2.46. The summed E-state index contributed by atoms with van der Waals surface area (Å²) in [6.07, 6.45) is 1.75. The predicted octanol–water partition coefficient (Wildman–Crippen LogP) is 3.70. The molecule has 2 N–H and O–H groups in total. The van der Waals surface area contributed by atoms with E-state index in [0.717, 1.165) is 42.6 Å². The number of carbonyl (C=O) groups excluding carboxylic acids is 1. The fourth-order valence-electron chi connectivity index (χ4n) is 4.51. The maximum Gasteiger partial charge on any atom is 0.266 e. The van der Waals surface area contributed by atoms with Gasteiger partial charge < -0.3 is 15.0 Å². The first kappa shape index (κ1) is 22.9. The van der Waals surface area contributed by atoms with Gasteiger partial charge in [-0.25, -0.2) is 13.1 Å². The lowest BCUT2D eigenvalue weighted by atomic mass is 9.73. The largest absolute Gasteiger partial charge is 0.378 e. The molecule has 9 heteroatoms. The quantitative estimate of drug-likeness (QED) is 0.698. The highest BCUT2D eigenvalue weighted by atomic mass is 35.5.